The minimum atomic E-state index is -0.287. The number of rotatable bonds is 5. The standard InChI is InChI=1S/C17H14N4O2S2/c1-2-23-11-7-5-9-13-14(11)19-17(25-13)21-20-15(22)16-18-10-6-3-4-8-12(10)24-16/h3-9H,2H2,1H3,(H,19,21)(H,20,22). The summed E-state index contributed by atoms with van der Waals surface area (Å²) in [6.45, 7) is 2.51. The lowest BCUT2D eigenvalue weighted by Crippen LogP contribution is -2.29. The summed E-state index contributed by atoms with van der Waals surface area (Å²) in [4.78, 5) is 21.1. The first-order chi connectivity index (χ1) is 12.2. The van der Waals surface area contributed by atoms with Crippen molar-refractivity contribution in [2.24, 2.45) is 0 Å². The highest BCUT2D eigenvalue weighted by Gasteiger charge is 2.13. The molecule has 4 rings (SSSR count). The highest BCUT2D eigenvalue weighted by atomic mass is 32.1. The number of hydrazine groups is 1. The van der Waals surface area contributed by atoms with E-state index in [1.54, 1.807) is 0 Å². The van der Waals surface area contributed by atoms with E-state index < -0.39 is 0 Å². The van der Waals surface area contributed by atoms with Gasteiger partial charge >= 0.3 is 0 Å². The molecule has 2 N–H and O–H groups in total. The number of nitrogens with one attached hydrogen (secondary N) is 2. The smallest absolute Gasteiger partial charge is 0.298 e. The normalized spacial score (nSPS) is 10.9. The number of hydrogen-bond donors (Lipinski definition) is 2. The molecule has 2 heterocycles. The number of aromatic nitrogens is 2. The van der Waals surface area contributed by atoms with Crippen molar-refractivity contribution in [3.05, 3.63) is 47.5 Å². The van der Waals surface area contributed by atoms with Gasteiger partial charge in [0.2, 0.25) is 5.13 Å². The quantitative estimate of drug-likeness (QED) is 0.518. The van der Waals surface area contributed by atoms with E-state index in [0.717, 1.165) is 26.2 Å². The first-order valence-electron chi connectivity index (χ1n) is 7.69. The predicted octanol–water partition coefficient (Wildman–Crippen LogP) is 4.06. The zero-order chi connectivity index (χ0) is 17.2. The van der Waals surface area contributed by atoms with Gasteiger partial charge in [-0.15, -0.1) is 11.3 Å². The third-order valence-electron chi connectivity index (χ3n) is 3.45. The van der Waals surface area contributed by atoms with Crippen LogP contribution in [0.4, 0.5) is 5.13 Å². The summed E-state index contributed by atoms with van der Waals surface area (Å²) in [6.07, 6.45) is 0. The van der Waals surface area contributed by atoms with Crippen molar-refractivity contribution in [3.8, 4) is 5.75 Å². The lowest BCUT2D eigenvalue weighted by Gasteiger charge is -2.03. The fraction of sp³-hybridized carbons (Fsp3) is 0.118. The monoisotopic (exact) mass is 370 g/mol. The number of thiazole rings is 2. The van der Waals surface area contributed by atoms with Crippen LogP contribution in [0.2, 0.25) is 0 Å². The summed E-state index contributed by atoms with van der Waals surface area (Å²) in [5, 5.41) is 1.00. The van der Waals surface area contributed by atoms with Crippen LogP contribution in [0.15, 0.2) is 42.5 Å². The number of carbonyl (C=O) groups is 1. The van der Waals surface area contributed by atoms with Crippen molar-refractivity contribution in [1.82, 2.24) is 15.4 Å². The molecule has 0 spiro atoms. The molecule has 0 saturated carbocycles. The molecule has 0 unspecified atom stereocenters. The molecule has 0 bridgehead atoms. The van der Waals surface area contributed by atoms with Crippen LogP contribution in [0.5, 0.6) is 5.75 Å². The Bertz CT molecular complexity index is 1020. The molecule has 4 aromatic rings. The molecule has 0 aliphatic rings. The molecule has 0 saturated heterocycles. The molecule has 1 amide bonds. The molecule has 0 atom stereocenters. The molecule has 8 heteroatoms. The molecular weight excluding hydrogens is 356 g/mol. The summed E-state index contributed by atoms with van der Waals surface area (Å²) >= 11 is 2.80. The van der Waals surface area contributed by atoms with E-state index >= 15 is 0 Å². The number of ether oxygens (including phenoxy) is 1. The van der Waals surface area contributed by atoms with Gasteiger partial charge in [0.1, 0.15) is 11.3 Å². The summed E-state index contributed by atoms with van der Waals surface area (Å²) in [5.41, 5.74) is 7.12. The van der Waals surface area contributed by atoms with Crippen LogP contribution in [0.25, 0.3) is 20.4 Å². The van der Waals surface area contributed by atoms with Gasteiger partial charge in [-0.25, -0.2) is 9.97 Å². The lowest BCUT2D eigenvalue weighted by molar-refractivity contribution is 0.0962. The summed E-state index contributed by atoms with van der Waals surface area (Å²) in [5.74, 6) is 0.451. The van der Waals surface area contributed by atoms with E-state index in [1.165, 1.54) is 22.7 Å². The summed E-state index contributed by atoms with van der Waals surface area (Å²) < 4.78 is 7.55. The van der Waals surface area contributed by atoms with Crippen LogP contribution >= 0.6 is 22.7 Å². The third kappa shape index (κ3) is 3.13. The Morgan fingerprint density at radius 3 is 2.76 bits per heavy atom. The van der Waals surface area contributed by atoms with Crippen LogP contribution < -0.4 is 15.6 Å². The van der Waals surface area contributed by atoms with Gasteiger partial charge in [-0.2, -0.15) is 0 Å². The topological polar surface area (TPSA) is 76.1 Å². The van der Waals surface area contributed by atoms with Crippen molar-refractivity contribution >= 4 is 54.1 Å². The molecular formula is C17H14N4O2S2. The summed E-state index contributed by atoms with van der Waals surface area (Å²) in [6, 6.07) is 13.4. The van der Waals surface area contributed by atoms with Gasteiger partial charge in [0, 0.05) is 0 Å². The molecule has 0 aliphatic heterocycles. The number of benzene rings is 2. The zero-order valence-electron chi connectivity index (χ0n) is 13.3. The Morgan fingerprint density at radius 1 is 1.08 bits per heavy atom. The maximum absolute atomic E-state index is 12.3. The third-order valence-corrected chi connectivity index (χ3v) is 5.42. The highest BCUT2D eigenvalue weighted by Crippen LogP contribution is 2.32. The van der Waals surface area contributed by atoms with Crippen molar-refractivity contribution < 1.29 is 9.53 Å². The maximum Gasteiger partial charge on any atom is 0.298 e. The van der Waals surface area contributed by atoms with Gasteiger partial charge < -0.3 is 4.74 Å². The van der Waals surface area contributed by atoms with E-state index in [1.807, 2.05) is 49.4 Å². The van der Waals surface area contributed by atoms with Crippen molar-refractivity contribution in [1.29, 1.82) is 0 Å². The Morgan fingerprint density at radius 2 is 1.92 bits per heavy atom. The highest BCUT2D eigenvalue weighted by molar-refractivity contribution is 7.22. The first kappa shape index (κ1) is 15.8. The Balaban J connectivity index is 1.51. The van der Waals surface area contributed by atoms with E-state index in [4.69, 9.17) is 4.74 Å². The molecule has 6 nitrogen and oxygen atoms in total. The second-order valence-electron chi connectivity index (χ2n) is 5.12. The van der Waals surface area contributed by atoms with Gasteiger partial charge in [-0.1, -0.05) is 29.5 Å². The SMILES string of the molecule is CCOc1cccc2sc(NNC(=O)c3nc4ccccc4s3)nc12. The molecule has 0 radical (unpaired) electrons. The maximum atomic E-state index is 12.3. The minimum absolute atomic E-state index is 0.287. The van der Waals surface area contributed by atoms with Gasteiger partial charge in [0.05, 0.1) is 21.5 Å². The van der Waals surface area contributed by atoms with E-state index in [9.17, 15) is 4.79 Å². The average molecular weight is 370 g/mol. The fourth-order valence-electron chi connectivity index (χ4n) is 2.38. The number of nitrogens with zero attached hydrogens (tertiary/aromatic N) is 2. The minimum Gasteiger partial charge on any atom is -0.492 e. The number of para-hydroxylation sites is 2. The van der Waals surface area contributed by atoms with Crippen LogP contribution in [-0.2, 0) is 0 Å². The van der Waals surface area contributed by atoms with Crippen LogP contribution in [-0.4, -0.2) is 22.5 Å². The Hall–Kier alpha value is -2.71. The Labute approximate surface area is 151 Å². The molecule has 2 aromatic carbocycles. The van der Waals surface area contributed by atoms with Gasteiger partial charge in [-0.05, 0) is 31.2 Å². The van der Waals surface area contributed by atoms with Crippen LogP contribution in [0, 0.1) is 0 Å². The molecule has 25 heavy (non-hydrogen) atoms. The van der Waals surface area contributed by atoms with E-state index in [-0.39, 0.29) is 5.91 Å². The number of carbonyl (C=O) groups excluding carboxylic acids is 1. The lowest BCUT2D eigenvalue weighted by atomic mass is 10.3. The molecule has 2 aromatic heterocycles. The predicted molar refractivity (Wildman–Crippen MR) is 101 cm³/mol. The average Bonchev–Trinajstić information content (AvgIpc) is 3.24. The molecule has 0 aliphatic carbocycles. The fourth-order valence-corrected chi connectivity index (χ4v) is 4.08. The largest absolute Gasteiger partial charge is 0.492 e. The van der Waals surface area contributed by atoms with Crippen molar-refractivity contribution in [2.75, 3.05) is 12.0 Å². The second kappa shape index (κ2) is 6.66. The zero-order valence-corrected chi connectivity index (χ0v) is 14.9. The number of anilines is 1. The van der Waals surface area contributed by atoms with Crippen LogP contribution in [0.1, 0.15) is 16.7 Å². The Kier molecular flexibility index (Phi) is 4.21. The summed E-state index contributed by atoms with van der Waals surface area (Å²) in [7, 11) is 0. The first-order valence-corrected chi connectivity index (χ1v) is 9.32. The number of amides is 1. The van der Waals surface area contributed by atoms with Crippen molar-refractivity contribution in [2.45, 2.75) is 6.92 Å². The molecule has 0 fully saturated rings. The van der Waals surface area contributed by atoms with Crippen molar-refractivity contribution in [3.63, 3.8) is 0 Å². The number of fused-ring (bicyclic) bond motifs is 2. The van der Waals surface area contributed by atoms with Gasteiger partial charge in [0.15, 0.2) is 5.01 Å². The molecule has 126 valence electrons. The van der Waals surface area contributed by atoms with E-state index in [0.29, 0.717) is 16.7 Å². The van der Waals surface area contributed by atoms with Gasteiger partial charge in [0.25, 0.3) is 5.91 Å². The number of hydrogen-bond acceptors (Lipinski definition) is 7. The second-order valence-corrected chi connectivity index (χ2v) is 7.18. The van der Waals surface area contributed by atoms with E-state index in [2.05, 4.69) is 20.8 Å². The van der Waals surface area contributed by atoms with Crippen LogP contribution in [0.3, 0.4) is 0 Å². The van der Waals surface area contributed by atoms with Gasteiger partial charge in [-0.3, -0.25) is 15.6 Å².